The summed E-state index contributed by atoms with van der Waals surface area (Å²) in [6, 6.07) is 14.0. The van der Waals surface area contributed by atoms with Gasteiger partial charge < -0.3 is 15.4 Å². The van der Waals surface area contributed by atoms with E-state index in [2.05, 4.69) is 20.6 Å². The van der Waals surface area contributed by atoms with Crippen LogP contribution in [0.1, 0.15) is 11.3 Å². The molecular weight excluding hydrogens is 355 g/mol. The van der Waals surface area contributed by atoms with Gasteiger partial charge >= 0.3 is 0 Å². The predicted molar refractivity (Wildman–Crippen MR) is 102 cm³/mol. The normalized spacial score (nSPS) is 10.5. The SMILES string of the molecule is COc1ccccc1CNc1cc(C)nc(Nc2ccc(F)c(Cl)c2)n1. The van der Waals surface area contributed by atoms with Crippen molar-refractivity contribution in [2.45, 2.75) is 13.5 Å². The number of methoxy groups -OCH3 is 1. The standard InChI is InChI=1S/C19H18ClFN4O/c1-12-9-18(22-11-13-5-3-4-6-17(13)26-2)25-19(23-12)24-14-7-8-16(21)15(20)10-14/h3-10H,11H2,1-2H3,(H2,22,23,24,25). The van der Waals surface area contributed by atoms with Crippen molar-refractivity contribution in [3.05, 3.63) is 70.6 Å². The number of aryl methyl sites for hydroxylation is 1. The summed E-state index contributed by atoms with van der Waals surface area (Å²) in [5, 5.41) is 6.34. The highest BCUT2D eigenvalue weighted by atomic mass is 35.5. The first-order chi connectivity index (χ1) is 12.5. The van der Waals surface area contributed by atoms with Gasteiger partial charge in [-0.2, -0.15) is 4.98 Å². The van der Waals surface area contributed by atoms with Crippen LogP contribution < -0.4 is 15.4 Å². The minimum absolute atomic E-state index is 0.0391. The summed E-state index contributed by atoms with van der Waals surface area (Å²) in [7, 11) is 1.64. The Morgan fingerprint density at radius 1 is 1.12 bits per heavy atom. The van der Waals surface area contributed by atoms with Gasteiger partial charge in [0.1, 0.15) is 17.4 Å². The quantitative estimate of drug-likeness (QED) is 0.641. The van der Waals surface area contributed by atoms with Crippen molar-refractivity contribution < 1.29 is 9.13 Å². The minimum atomic E-state index is -0.471. The molecule has 1 heterocycles. The number of halogens is 2. The topological polar surface area (TPSA) is 59.1 Å². The molecule has 26 heavy (non-hydrogen) atoms. The van der Waals surface area contributed by atoms with E-state index in [4.69, 9.17) is 16.3 Å². The van der Waals surface area contributed by atoms with E-state index in [1.807, 2.05) is 37.3 Å². The predicted octanol–water partition coefficient (Wildman–Crippen LogP) is 4.94. The first kappa shape index (κ1) is 17.9. The molecule has 7 heteroatoms. The molecule has 0 fully saturated rings. The van der Waals surface area contributed by atoms with E-state index in [0.29, 0.717) is 24.0 Å². The Kier molecular flexibility index (Phi) is 5.53. The molecule has 0 amide bonds. The molecule has 0 bridgehead atoms. The summed E-state index contributed by atoms with van der Waals surface area (Å²) in [5.74, 6) is 1.40. The van der Waals surface area contributed by atoms with E-state index >= 15 is 0 Å². The first-order valence-corrected chi connectivity index (χ1v) is 8.36. The second-order valence-corrected chi connectivity index (χ2v) is 6.04. The zero-order valence-corrected chi connectivity index (χ0v) is 15.1. The second-order valence-electron chi connectivity index (χ2n) is 5.64. The molecule has 0 atom stereocenters. The van der Waals surface area contributed by atoms with Gasteiger partial charge in [0.15, 0.2) is 0 Å². The maximum Gasteiger partial charge on any atom is 0.229 e. The lowest BCUT2D eigenvalue weighted by Gasteiger charge is -2.12. The average Bonchev–Trinajstić information content (AvgIpc) is 2.63. The second kappa shape index (κ2) is 8.01. The molecule has 0 aliphatic carbocycles. The molecule has 5 nitrogen and oxygen atoms in total. The summed E-state index contributed by atoms with van der Waals surface area (Å²) in [6.45, 7) is 2.43. The van der Waals surface area contributed by atoms with Crippen molar-refractivity contribution in [1.29, 1.82) is 0 Å². The molecule has 134 valence electrons. The van der Waals surface area contributed by atoms with Gasteiger partial charge in [-0.25, -0.2) is 9.37 Å². The van der Waals surface area contributed by atoms with Crippen LogP contribution >= 0.6 is 11.6 Å². The summed E-state index contributed by atoms with van der Waals surface area (Å²) in [6.07, 6.45) is 0. The van der Waals surface area contributed by atoms with Crippen molar-refractivity contribution in [1.82, 2.24) is 9.97 Å². The number of nitrogens with one attached hydrogen (secondary N) is 2. The monoisotopic (exact) mass is 372 g/mol. The van der Waals surface area contributed by atoms with Crippen LogP contribution in [0.25, 0.3) is 0 Å². The maximum atomic E-state index is 13.3. The maximum absolute atomic E-state index is 13.3. The summed E-state index contributed by atoms with van der Waals surface area (Å²) >= 11 is 5.81. The van der Waals surface area contributed by atoms with E-state index in [9.17, 15) is 4.39 Å². The van der Waals surface area contributed by atoms with Crippen LogP contribution in [0.2, 0.25) is 5.02 Å². The van der Waals surface area contributed by atoms with Gasteiger partial charge in [0, 0.05) is 29.6 Å². The van der Waals surface area contributed by atoms with Gasteiger partial charge in [0.2, 0.25) is 5.95 Å². The van der Waals surface area contributed by atoms with Crippen LogP contribution in [-0.4, -0.2) is 17.1 Å². The molecule has 3 rings (SSSR count). The van der Waals surface area contributed by atoms with E-state index in [1.54, 1.807) is 13.2 Å². The summed E-state index contributed by atoms with van der Waals surface area (Å²) in [4.78, 5) is 8.79. The Morgan fingerprint density at radius 2 is 1.92 bits per heavy atom. The number of hydrogen-bond donors (Lipinski definition) is 2. The Labute approximate surface area is 156 Å². The Balaban J connectivity index is 1.76. The number of rotatable bonds is 6. The van der Waals surface area contributed by atoms with E-state index < -0.39 is 5.82 Å². The minimum Gasteiger partial charge on any atom is -0.496 e. The molecular formula is C19H18ClFN4O. The lowest BCUT2D eigenvalue weighted by Crippen LogP contribution is -2.06. The molecule has 0 aliphatic heterocycles. The molecule has 2 N–H and O–H groups in total. The number of aromatic nitrogens is 2. The van der Waals surface area contributed by atoms with Crippen molar-refractivity contribution in [2.24, 2.45) is 0 Å². The number of para-hydroxylation sites is 1. The van der Waals surface area contributed by atoms with Gasteiger partial charge in [-0.15, -0.1) is 0 Å². The largest absolute Gasteiger partial charge is 0.496 e. The van der Waals surface area contributed by atoms with Crippen LogP contribution in [0.5, 0.6) is 5.75 Å². The Hall–Kier alpha value is -2.86. The fourth-order valence-corrected chi connectivity index (χ4v) is 2.63. The Morgan fingerprint density at radius 3 is 2.69 bits per heavy atom. The van der Waals surface area contributed by atoms with Crippen molar-refractivity contribution in [3.8, 4) is 5.75 Å². The summed E-state index contributed by atoms with van der Waals surface area (Å²) in [5.41, 5.74) is 2.42. The highest BCUT2D eigenvalue weighted by molar-refractivity contribution is 6.31. The molecule has 2 aromatic carbocycles. The fourth-order valence-electron chi connectivity index (χ4n) is 2.45. The molecule has 0 spiro atoms. The highest BCUT2D eigenvalue weighted by Gasteiger charge is 2.07. The van der Waals surface area contributed by atoms with E-state index in [-0.39, 0.29) is 5.02 Å². The Bertz CT molecular complexity index is 920. The van der Waals surface area contributed by atoms with Crippen LogP contribution in [-0.2, 0) is 6.54 Å². The molecule has 0 saturated heterocycles. The van der Waals surface area contributed by atoms with Gasteiger partial charge in [0.25, 0.3) is 0 Å². The molecule has 0 saturated carbocycles. The molecule has 0 aliphatic rings. The van der Waals surface area contributed by atoms with Gasteiger partial charge in [-0.05, 0) is 31.2 Å². The van der Waals surface area contributed by atoms with Crippen LogP contribution in [0.3, 0.4) is 0 Å². The lowest BCUT2D eigenvalue weighted by atomic mass is 10.2. The fraction of sp³-hybridized carbons (Fsp3) is 0.158. The van der Waals surface area contributed by atoms with Crippen LogP contribution in [0.15, 0.2) is 48.5 Å². The lowest BCUT2D eigenvalue weighted by molar-refractivity contribution is 0.410. The van der Waals surface area contributed by atoms with Crippen LogP contribution in [0, 0.1) is 12.7 Å². The van der Waals surface area contributed by atoms with E-state index in [1.165, 1.54) is 12.1 Å². The van der Waals surface area contributed by atoms with Gasteiger partial charge in [-0.3, -0.25) is 0 Å². The average molecular weight is 373 g/mol. The smallest absolute Gasteiger partial charge is 0.229 e. The third-order valence-electron chi connectivity index (χ3n) is 3.68. The molecule has 1 aromatic heterocycles. The third kappa shape index (κ3) is 4.40. The number of anilines is 3. The molecule has 0 unspecified atom stereocenters. The van der Waals surface area contributed by atoms with E-state index in [0.717, 1.165) is 17.0 Å². The molecule has 0 radical (unpaired) electrons. The number of hydrogen-bond acceptors (Lipinski definition) is 5. The number of nitrogens with zero attached hydrogens (tertiary/aromatic N) is 2. The highest BCUT2D eigenvalue weighted by Crippen LogP contribution is 2.23. The van der Waals surface area contributed by atoms with Crippen molar-refractivity contribution >= 4 is 29.1 Å². The van der Waals surface area contributed by atoms with Gasteiger partial charge in [0.05, 0.1) is 12.1 Å². The number of benzene rings is 2. The zero-order chi connectivity index (χ0) is 18.5. The van der Waals surface area contributed by atoms with Crippen molar-refractivity contribution in [3.63, 3.8) is 0 Å². The first-order valence-electron chi connectivity index (χ1n) is 7.98. The van der Waals surface area contributed by atoms with Crippen LogP contribution in [0.4, 0.5) is 21.8 Å². The number of ether oxygens (including phenoxy) is 1. The van der Waals surface area contributed by atoms with Gasteiger partial charge in [-0.1, -0.05) is 29.8 Å². The molecule has 3 aromatic rings. The summed E-state index contributed by atoms with van der Waals surface area (Å²) < 4.78 is 18.6. The third-order valence-corrected chi connectivity index (χ3v) is 3.97. The zero-order valence-electron chi connectivity index (χ0n) is 14.4. The van der Waals surface area contributed by atoms with Crippen molar-refractivity contribution in [2.75, 3.05) is 17.7 Å².